The van der Waals surface area contributed by atoms with Crippen molar-refractivity contribution >= 4 is 74.0 Å². The normalized spacial score (nSPS) is 15.2. The second kappa shape index (κ2) is 11.9. The Morgan fingerprint density at radius 1 is 1.03 bits per heavy atom. The molecule has 0 spiro atoms. The minimum absolute atomic E-state index is 0.0972. The third-order valence-electron chi connectivity index (χ3n) is 5.73. The van der Waals surface area contributed by atoms with E-state index in [9.17, 15) is 14.4 Å². The molecule has 1 heterocycles. The van der Waals surface area contributed by atoms with E-state index in [0.29, 0.717) is 28.5 Å². The minimum atomic E-state index is -0.816. The number of amides is 2. The van der Waals surface area contributed by atoms with E-state index < -0.39 is 12.0 Å². The second-order valence-electron chi connectivity index (χ2n) is 8.25. The van der Waals surface area contributed by atoms with Crippen LogP contribution < -0.4 is 10.2 Å². The van der Waals surface area contributed by atoms with E-state index in [1.165, 1.54) is 4.90 Å². The average molecular weight is 601 g/mol. The van der Waals surface area contributed by atoms with Crippen molar-refractivity contribution in [3.05, 3.63) is 93.4 Å². The van der Waals surface area contributed by atoms with Crippen LogP contribution >= 0.6 is 39.7 Å². The Bertz CT molecular complexity index is 1320. The van der Waals surface area contributed by atoms with Gasteiger partial charge in [-0.1, -0.05) is 39.7 Å². The standard InChI is InChI=1S/C27H23BrClN3O4S/c1-2-36-26(35)18-5-13-22(14-6-18)32-25(34)23(15-24(33)30-21-11-7-19(28)8-12-21)31(27(32)37)16-17-3-9-20(29)10-4-17/h3-14,23H,2,15-16H2,1H3,(H,30,33). The largest absolute Gasteiger partial charge is 0.462 e. The van der Waals surface area contributed by atoms with E-state index in [-0.39, 0.29) is 30.0 Å². The van der Waals surface area contributed by atoms with Gasteiger partial charge >= 0.3 is 5.97 Å². The quantitative estimate of drug-likeness (QED) is 0.260. The third kappa shape index (κ3) is 6.36. The Kier molecular flexibility index (Phi) is 8.58. The predicted octanol–water partition coefficient (Wildman–Crippen LogP) is 5.81. The SMILES string of the molecule is CCOC(=O)c1ccc(N2C(=O)C(CC(=O)Nc3ccc(Br)cc3)N(Cc3ccc(Cl)cc3)C2=S)cc1. The smallest absolute Gasteiger partial charge is 0.338 e. The zero-order valence-corrected chi connectivity index (χ0v) is 23.0. The van der Waals surface area contributed by atoms with Crippen molar-refractivity contribution in [2.24, 2.45) is 0 Å². The molecular weight excluding hydrogens is 578 g/mol. The predicted molar refractivity (Wildman–Crippen MR) is 151 cm³/mol. The van der Waals surface area contributed by atoms with Crippen LogP contribution in [0.2, 0.25) is 5.02 Å². The summed E-state index contributed by atoms with van der Waals surface area (Å²) >= 11 is 15.1. The number of esters is 1. The van der Waals surface area contributed by atoms with Gasteiger partial charge in [-0.2, -0.15) is 0 Å². The summed E-state index contributed by atoms with van der Waals surface area (Å²) in [5.74, 6) is -1.09. The Morgan fingerprint density at radius 3 is 2.30 bits per heavy atom. The highest BCUT2D eigenvalue weighted by molar-refractivity contribution is 9.10. The molecule has 1 N–H and O–H groups in total. The molecule has 0 aromatic heterocycles. The van der Waals surface area contributed by atoms with E-state index in [0.717, 1.165) is 10.0 Å². The molecule has 1 atom stereocenters. The lowest BCUT2D eigenvalue weighted by atomic mass is 10.1. The number of nitrogens with one attached hydrogen (secondary N) is 1. The molecule has 7 nitrogen and oxygen atoms in total. The summed E-state index contributed by atoms with van der Waals surface area (Å²) in [5.41, 5.74) is 2.38. The lowest BCUT2D eigenvalue weighted by Crippen LogP contribution is -2.37. The van der Waals surface area contributed by atoms with Gasteiger partial charge in [0, 0.05) is 21.7 Å². The van der Waals surface area contributed by atoms with Crippen molar-refractivity contribution in [3.8, 4) is 0 Å². The number of benzene rings is 3. The van der Waals surface area contributed by atoms with Crippen molar-refractivity contribution < 1.29 is 19.1 Å². The first kappa shape index (κ1) is 26.8. The van der Waals surface area contributed by atoms with Crippen LogP contribution in [0.5, 0.6) is 0 Å². The van der Waals surface area contributed by atoms with E-state index >= 15 is 0 Å². The van der Waals surface area contributed by atoms with Gasteiger partial charge in [0.25, 0.3) is 5.91 Å². The number of anilines is 2. The number of hydrogen-bond acceptors (Lipinski definition) is 5. The summed E-state index contributed by atoms with van der Waals surface area (Å²) < 4.78 is 5.92. The van der Waals surface area contributed by atoms with Crippen LogP contribution in [0.15, 0.2) is 77.3 Å². The number of hydrogen-bond donors (Lipinski definition) is 1. The molecule has 1 aliphatic heterocycles. The third-order valence-corrected chi connectivity index (χ3v) is 6.93. The molecule has 10 heteroatoms. The maximum atomic E-state index is 13.6. The molecule has 1 saturated heterocycles. The van der Waals surface area contributed by atoms with Crippen LogP contribution in [0.3, 0.4) is 0 Å². The van der Waals surface area contributed by atoms with Crippen molar-refractivity contribution in [1.29, 1.82) is 0 Å². The Morgan fingerprint density at radius 2 is 1.68 bits per heavy atom. The van der Waals surface area contributed by atoms with Crippen LogP contribution in [-0.4, -0.2) is 40.4 Å². The van der Waals surface area contributed by atoms with Crippen LogP contribution in [0, 0.1) is 0 Å². The topological polar surface area (TPSA) is 78.9 Å². The first-order valence-corrected chi connectivity index (χ1v) is 13.1. The first-order chi connectivity index (χ1) is 17.8. The summed E-state index contributed by atoms with van der Waals surface area (Å²) in [4.78, 5) is 41.7. The van der Waals surface area contributed by atoms with Crippen LogP contribution in [0.25, 0.3) is 0 Å². The van der Waals surface area contributed by atoms with Crippen molar-refractivity contribution in [2.75, 3.05) is 16.8 Å². The monoisotopic (exact) mass is 599 g/mol. The summed E-state index contributed by atoms with van der Waals surface area (Å²) in [7, 11) is 0. The van der Waals surface area contributed by atoms with Gasteiger partial charge < -0.3 is 15.0 Å². The Hall–Kier alpha value is -3.27. The van der Waals surface area contributed by atoms with Gasteiger partial charge in [-0.05, 0) is 85.4 Å². The molecule has 1 fully saturated rings. The molecule has 0 radical (unpaired) electrons. The molecule has 37 heavy (non-hydrogen) atoms. The van der Waals surface area contributed by atoms with Crippen LogP contribution in [0.1, 0.15) is 29.3 Å². The zero-order valence-electron chi connectivity index (χ0n) is 19.8. The maximum absolute atomic E-state index is 13.6. The van der Waals surface area contributed by atoms with E-state index in [1.54, 1.807) is 60.4 Å². The van der Waals surface area contributed by atoms with Gasteiger partial charge in [0.15, 0.2) is 5.11 Å². The molecule has 1 unspecified atom stereocenters. The lowest BCUT2D eigenvalue weighted by molar-refractivity contribution is -0.124. The summed E-state index contributed by atoms with van der Waals surface area (Å²) in [5, 5.41) is 3.70. The highest BCUT2D eigenvalue weighted by atomic mass is 79.9. The van der Waals surface area contributed by atoms with Crippen LogP contribution in [0.4, 0.5) is 11.4 Å². The van der Waals surface area contributed by atoms with Crippen molar-refractivity contribution in [3.63, 3.8) is 0 Å². The maximum Gasteiger partial charge on any atom is 0.338 e. The summed E-state index contributed by atoms with van der Waals surface area (Å²) in [6.07, 6.45) is -0.0972. The summed E-state index contributed by atoms with van der Waals surface area (Å²) in [6.45, 7) is 2.31. The fraction of sp³-hybridized carbons (Fsp3) is 0.185. The molecule has 2 amide bonds. The Labute approximate surface area is 233 Å². The average Bonchev–Trinajstić information content (AvgIpc) is 3.10. The van der Waals surface area contributed by atoms with Gasteiger partial charge in [-0.15, -0.1) is 0 Å². The molecule has 3 aromatic carbocycles. The molecule has 1 aliphatic rings. The summed E-state index contributed by atoms with van der Waals surface area (Å²) in [6, 6.07) is 20.0. The number of halogens is 2. The molecule has 190 valence electrons. The van der Waals surface area contributed by atoms with Gasteiger partial charge in [0.05, 0.1) is 24.3 Å². The Balaban J connectivity index is 1.59. The highest BCUT2D eigenvalue weighted by Crippen LogP contribution is 2.29. The lowest BCUT2D eigenvalue weighted by Gasteiger charge is -2.24. The number of ether oxygens (including phenoxy) is 1. The van der Waals surface area contributed by atoms with Gasteiger partial charge in [0.1, 0.15) is 6.04 Å². The van der Waals surface area contributed by atoms with E-state index in [1.807, 2.05) is 24.3 Å². The molecule has 0 bridgehead atoms. The number of rotatable bonds is 8. The fourth-order valence-electron chi connectivity index (χ4n) is 3.92. The number of carbonyl (C=O) groups is 3. The van der Waals surface area contributed by atoms with E-state index in [2.05, 4.69) is 21.2 Å². The molecule has 4 rings (SSSR count). The molecule has 3 aromatic rings. The van der Waals surface area contributed by atoms with E-state index in [4.69, 9.17) is 28.6 Å². The molecular formula is C27H23BrClN3O4S. The molecule has 0 aliphatic carbocycles. The number of carbonyl (C=O) groups excluding carboxylic acids is 3. The second-order valence-corrected chi connectivity index (χ2v) is 9.97. The van der Waals surface area contributed by atoms with Gasteiger partial charge in [0.2, 0.25) is 5.91 Å². The van der Waals surface area contributed by atoms with Gasteiger partial charge in [-0.25, -0.2) is 4.79 Å². The zero-order chi connectivity index (χ0) is 26.5. The number of nitrogens with zero attached hydrogens (tertiary/aromatic N) is 2. The highest BCUT2D eigenvalue weighted by Gasteiger charge is 2.44. The van der Waals surface area contributed by atoms with Gasteiger partial charge in [-0.3, -0.25) is 14.5 Å². The fourth-order valence-corrected chi connectivity index (χ4v) is 4.70. The van der Waals surface area contributed by atoms with Crippen molar-refractivity contribution in [2.45, 2.75) is 25.9 Å². The number of thiocarbonyl (C=S) groups is 1. The van der Waals surface area contributed by atoms with Crippen molar-refractivity contribution in [1.82, 2.24) is 4.90 Å². The molecule has 0 saturated carbocycles. The first-order valence-electron chi connectivity index (χ1n) is 11.5. The minimum Gasteiger partial charge on any atom is -0.462 e. The van der Waals surface area contributed by atoms with Crippen LogP contribution in [-0.2, 0) is 20.9 Å².